The highest BCUT2D eigenvalue weighted by molar-refractivity contribution is 7.75. The number of hydrogen-bond donors (Lipinski definition) is 2. The van der Waals surface area contributed by atoms with Gasteiger partial charge in [0.2, 0.25) is 0 Å². The van der Waals surface area contributed by atoms with E-state index < -0.39 is 0 Å². The Balaban J connectivity index is 0.000000291. The average molecular weight is 180 g/mol. The van der Waals surface area contributed by atoms with Crippen LogP contribution in [0.15, 0.2) is 0 Å². The molecule has 0 radical (unpaired) electrons. The zero-order valence-electron chi connectivity index (χ0n) is 5.22. The highest BCUT2D eigenvalue weighted by Crippen LogP contribution is 1.94. The summed E-state index contributed by atoms with van der Waals surface area (Å²) in [5, 5.41) is 5.34. The molecule has 0 unspecified atom stereocenters. The molecule has 0 bridgehead atoms. The molecule has 0 fully saturated rings. The molecule has 1 aromatic rings. The third-order valence-electron chi connectivity index (χ3n) is 0.452. The number of H-pyrrole nitrogens is 2. The normalized spacial score (nSPS) is 7.78. The van der Waals surface area contributed by atoms with Crippen LogP contribution in [0.1, 0.15) is 13.8 Å². The van der Waals surface area contributed by atoms with Crippen LogP contribution < -0.4 is 0 Å². The lowest BCUT2D eigenvalue weighted by Crippen LogP contribution is -1.60. The van der Waals surface area contributed by atoms with Gasteiger partial charge in [-0.15, -0.1) is 0 Å². The molecule has 52 valence electrons. The molecule has 1 heterocycles. The summed E-state index contributed by atoms with van der Waals surface area (Å²) < 4.78 is 1.40. The van der Waals surface area contributed by atoms with Crippen LogP contribution in [-0.4, -0.2) is 10.2 Å². The first-order valence-electron chi connectivity index (χ1n) is 2.57. The van der Waals surface area contributed by atoms with E-state index in [0.29, 0.717) is 7.91 Å². The molecule has 0 atom stereocenters. The van der Waals surface area contributed by atoms with Crippen molar-refractivity contribution in [3.05, 3.63) is 7.91 Å². The largest absolute Gasteiger partial charge is 0.281 e. The fraction of sp³-hybridized carbons (Fsp3) is 0.500. The van der Waals surface area contributed by atoms with Crippen molar-refractivity contribution in [2.24, 2.45) is 0 Å². The van der Waals surface area contributed by atoms with Crippen LogP contribution in [-0.2, 0) is 0 Å². The minimum absolute atomic E-state index is 0.699. The van der Waals surface area contributed by atoms with Crippen LogP contribution in [0.4, 0.5) is 0 Å². The summed E-state index contributed by atoms with van der Waals surface area (Å²) in [4.78, 5) is 0. The van der Waals surface area contributed by atoms with E-state index >= 15 is 0 Å². The maximum atomic E-state index is 4.70. The van der Waals surface area contributed by atoms with Crippen LogP contribution in [0.5, 0.6) is 0 Å². The molecule has 0 saturated carbocycles. The third-order valence-corrected chi connectivity index (χ3v) is 1.73. The summed E-state index contributed by atoms with van der Waals surface area (Å²) in [5.74, 6) is 0. The van der Waals surface area contributed by atoms with Crippen molar-refractivity contribution < 1.29 is 0 Å². The second kappa shape index (κ2) is 4.84. The molecule has 0 spiro atoms. The molecule has 0 aliphatic heterocycles. The van der Waals surface area contributed by atoms with E-state index in [9.17, 15) is 0 Å². The van der Waals surface area contributed by atoms with Crippen LogP contribution in [0.25, 0.3) is 0 Å². The van der Waals surface area contributed by atoms with E-state index in [1.54, 1.807) is 0 Å². The van der Waals surface area contributed by atoms with Gasteiger partial charge in [-0.05, 0) is 24.4 Å². The Morgan fingerprint density at radius 2 is 1.44 bits per heavy atom. The first-order chi connectivity index (χ1) is 4.29. The molecule has 0 aliphatic carbocycles. The topological polar surface area (TPSA) is 31.6 Å². The Kier molecular flexibility index (Phi) is 4.84. The van der Waals surface area contributed by atoms with E-state index in [1.165, 1.54) is 11.3 Å². The molecule has 2 N–H and O–H groups in total. The minimum Gasteiger partial charge on any atom is -0.281 e. The number of nitrogens with one attached hydrogen (secondary N) is 2. The van der Waals surface area contributed by atoms with Crippen molar-refractivity contribution in [2.75, 3.05) is 0 Å². The molecular weight excluding hydrogens is 172 g/mol. The van der Waals surface area contributed by atoms with E-state index in [4.69, 9.17) is 24.4 Å². The van der Waals surface area contributed by atoms with Gasteiger partial charge in [-0.3, -0.25) is 10.2 Å². The number of hydrogen-bond acceptors (Lipinski definition) is 3. The van der Waals surface area contributed by atoms with Gasteiger partial charge < -0.3 is 0 Å². The summed E-state index contributed by atoms with van der Waals surface area (Å²) in [6, 6.07) is 0. The number of rotatable bonds is 0. The Labute approximate surface area is 67.9 Å². The van der Waals surface area contributed by atoms with Gasteiger partial charge >= 0.3 is 0 Å². The Hall–Kier alpha value is -0.0000000000000000555. The molecule has 0 amide bonds. The van der Waals surface area contributed by atoms with Crippen LogP contribution >= 0.6 is 35.8 Å². The maximum absolute atomic E-state index is 4.70. The van der Waals surface area contributed by atoms with Crippen molar-refractivity contribution in [3.8, 4) is 0 Å². The molecule has 9 heavy (non-hydrogen) atoms. The third kappa shape index (κ3) is 3.56. The van der Waals surface area contributed by atoms with Gasteiger partial charge in [-0.25, -0.2) is 0 Å². The van der Waals surface area contributed by atoms with E-state index in [1.807, 2.05) is 13.8 Å². The van der Waals surface area contributed by atoms with E-state index in [0.717, 1.165) is 0 Å². The molecule has 0 aromatic carbocycles. The van der Waals surface area contributed by atoms with Crippen molar-refractivity contribution in [1.82, 2.24) is 10.2 Å². The molecule has 2 nitrogen and oxygen atoms in total. The fourth-order valence-electron chi connectivity index (χ4n) is 0.237. The Bertz CT molecular complexity index is 218. The van der Waals surface area contributed by atoms with Gasteiger partial charge in [0, 0.05) is 0 Å². The molecule has 1 aromatic heterocycles. The van der Waals surface area contributed by atoms with Gasteiger partial charge in [0.15, 0.2) is 7.91 Å². The number of aromatic nitrogens is 2. The standard InChI is InChI=1S/C2H2N2S3.C2H6/c5-1-3-4-2(6)7-1;1-2/h(H,3,5)(H,4,6);1-2H3. The van der Waals surface area contributed by atoms with Crippen molar-refractivity contribution in [2.45, 2.75) is 13.8 Å². The summed E-state index contributed by atoms with van der Waals surface area (Å²) in [7, 11) is 0. The quantitative estimate of drug-likeness (QED) is 0.602. The molecular formula is C4H8N2S3. The summed E-state index contributed by atoms with van der Waals surface area (Å²) in [6.45, 7) is 4.00. The summed E-state index contributed by atoms with van der Waals surface area (Å²) in [6.07, 6.45) is 0. The molecule has 1 rings (SSSR count). The van der Waals surface area contributed by atoms with Crippen molar-refractivity contribution in [1.29, 1.82) is 0 Å². The van der Waals surface area contributed by atoms with Crippen molar-refractivity contribution >= 4 is 35.8 Å². The summed E-state index contributed by atoms with van der Waals surface area (Å²) in [5.41, 5.74) is 0. The van der Waals surface area contributed by atoms with Gasteiger partial charge in [0.05, 0.1) is 0 Å². The van der Waals surface area contributed by atoms with E-state index in [2.05, 4.69) is 10.2 Å². The minimum atomic E-state index is 0.699. The highest BCUT2D eigenvalue weighted by Gasteiger charge is 1.74. The predicted molar refractivity (Wildman–Crippen MR) is 46.0 cm³/mol. The van der Waals surface area contributed by atoms with Crippen LogP contribution in [0.3, 0.4) is 0 Å². The first kappa shape index (κ1) is 9.00. The van der Waals surface area contributed by atoms with Gasteiger partial charge in [0.25, 0.3) is 0 Å². The zero-order valence-corrected chi connectivity index (χ0v) is 7.67. The van der Waals surface area contributed by atoms with E-state index in [-0.39, 0.29) is 0 Å². The number of aromatic amines is 2. The zero-order chi connectivity index (χ0) is 7.28. The van der Waals surface area contributed by atoms with Gasteiger partial charge in [-0.2, -0.15) is 0 Å². The van der Waals surface area contributed by atoms with Crippen LogP contribution in [0.2, 0.25) is 0 Å². The van der Waals surface area contributed by atoms with Gasteiger partial charge in [0.1, 0.15) is 0 Å². The monoisotopic (exact) mass is 180 g/mol. The predicted octanol–water partition coefficient (Wildman–Crippen LogP) is 2.89. The Morgan fingerprint density at radius 1 is 1.11 bits per heavy atom. The maximum Gasteiger partial charge on any atom is 0.175 e. The lowest BCUT2D eigenvalue weighted by Gasteiger charge is -1.57. The van der Waals surface area contributed by atoms with Crippen LogP contribution in [0, 0.1) is 7.91 Å². The smallest absolute Gasteiger partial charge is 0.175 e. The fourth-order valence-corrected chi connectivity index (χ4v) is 1.37. The molecule has 0 saturated heterocycles. The molecule has 0 aliphatic rings. The second-order valence-electron chi connectivity index (χ2n) is 0.927. The SMILES string of the molecule is CC.S=c1[nH][nH]c(=S)s1. The van der Waals surface area contributed by atoms with Crippen molar-refractivity contribution in [3.63, 3.8) is 0 Å². The summed E-state index contributed by atoms with van der Waals surface area (Å²) >= 11 is 10.8. The lowest BCUT2D eigenvalue weighted by molar-refractivity contribution is 1.07. The highest BCUT2D eigenvalue weighted by atomic mass is 32.2. The second-order valence-corrected chi connectivity index (χ2v) is 3.28. The molecule has 5 heteroatoms. The Morgan fingerprint density at radius 3 is 1.56 bits per heavy atom. The van der Waals surface area contributed by atoms with Gasteiger partial charge in [-0.1, -0.05) is 25.2 Å². The average Bonchev–Trinajstić information content (AvgIpc) is 2.20. The lowest BCUT2D eigenvalue weighted by atomic mass is 11.0. The first-order valence-corrected chi connectivity index (χ1v) is 4.20.